The molecule has 0 saturated carbocycles. The first-order chi connectivity index (χ1) is 11.2. The quantitative estimate of drug-likeness (QED) is 0.760. The molecule has 0 atom stereocenters. The van der Waals surface area contributed by atoms with E-state index in [1.54, 1.807) is 0 Å². The predicted molar refractivity (Wildman–Crippen MR) is 90.2 cm³/mol. The van der Waals surface area contributed by atoms with Crippen LogP contribution in [0.1, 0.15) is 37.3 Å². The second-order valence-electron chi connectivity index (χ2n) is 5.26. The molecule has 0 aliphatic rings. The molecule has 0 saturated heterocycles. The number of hydrogen-bond acceptors (Lipinski definition) is 6. The van der Waals surface area contributed by atoms with Crippen LogP contribution < -0.4 is 11.5 Å². The van der Waals surface area contributed by atoms with Gasteiger partial charge in [-0.15, -0.1) is 0 Å². The third-order valence-corrected chi connectivity index (χ3v) is 3.43. The third kappa shape index (κ3) is 4.41. The highest BCUT2D eigenvalue weighted by Crippen LogP contribution is 2.26. The topological polar surface area (TPSA) is 111 Å². The zero-order chi connectivity index (χ0) is 16.7. The van der Waals surface area contributed by atoms with Crippen molar-refractivity contribution >= 4 is 11.8 Å². The summed E-state index contributed by atoms with van der Waals surface area (Å²) >= 11 is 0. The van der Waals surface area contributed by atoms with Crippen LogP contribution in [0.5, 0.6) is 0 Å². The molecule has 2 rings (SSSR count). The number of nitriles is 1. The average molecular weight is 311 g/mol. The van der Waals surface area contributed by atoms with Gasteiger partial charge in [-0.25, -0.2) is 4.98 Å². The standard InChI is InChI=1S/C17H21N5O/c1-2-3-4-8-23-11-12-6-5-7-13(9-12)15-14(10-18)16(19)22-17(20)21-15/h5-7,9H,2-4,8,11H2,1H3,(H4,19,20,21,22). The van der Waals surface area contributed by atoms with Crippen LogP contribution in [0, 0.1) is 11.3 Å². The molecule has 0 aliphatic carbocycles. The van der Waals surface area contributed by atoms with E-state index < -0.39 is 0 Å². The SMILES string of the molecule is CCCCCOCc1cccc(-c2nc(N)nc(N)c2C#N)c1. The first-order valence-electron chi connectivity index (χ1n) is 7.65. The molecule has 23 heavy (non-hydrogen) atoms. The minimum atomic E-state index is 0.0534. The first kappa shape index (κ1) is 16.7. The maximum atomic E-state index is 9.27. The maximum Gasteiger partial charge on any atom is 0.222 e. The van der Waals surface area contributed by atoms with Crippen molar-refractivity contribution in [3.8, 4) is 17.3 Å². The lowest BCUT2D eigenvalue weighted by atomic mass is 10.0. The number of unbranched alkanes of at least 4 members (excludes halogenated alkanes) is 2. The molecule has 0 bridgehead atoms. The second kappa shape index (κ2) is 8.11. The van der Waals surface area contributed by atoms with E-state index in [9.17, 15) is 5.26 Å². The monoisotopic (exact) mass is 311 g/mol. The smallest absolute Gasteiger partial charge is 0.222 e. The summed E-state index contributed by atoms with van der Waals surface area (Å²) < 4.78 is 5.67. The number of aromatic nitrogens is 2. The minimum Gasteiger partial charge on any atom is -0.382 e. The number of nitrogens with two attached hydrogens (primary N) is 2. The number of benzene rings is 1. The van der Waals surface area contributed by atoms with E-state index in [1.807, 2.05) is 30.3 Å². The fraction of sp³-hybridized carbons (Fsp3) is 0.353. The maximum absolute atomic E-state index is 9.27. The zero-order valence-electron chi connectivity index (χ0n) is 13.2. The molecule has 1 aromatic heterocycles. The summed E-state index contributed by atoms with van der Waals surface area (Å²) in [4.78, 5) is 7.99. The molecule has 0 fully saturated rings. The first-order valence-corrected chi connectivity index (χ1v) is 7.65. The van der Waals surface area contributed by atoms with Gasteiger partial charge in [0.1, 0.15) is 17.5 Å². The van der Waals surface area contributed by atoms with Crippen LogP contribution in [0.15, 0.2) is 24.3 Å². The number of nitrogen functional groups attached to an aromatic ring is 2. The fourth-order valence-corrected chi connectivity index (χ4v) is 2.27. The minimum absolute atomic E-state index is 0.0534. The van der Waals surface area contributed by atoms with E-state index in [0.717, 1.165) is 24.2 Å². The van der Waals surface area contributed by atoms with Crippen molar-refractivity contribution in [3.63, 3.8) is 0 Å². The van der Waals surface area contributed by atoms with Crippen molar-refractivity contribution in [1.29, 1.82) is 5.26 Å². The normalized spacial score (nSPS) is 10.4. The Morgan fingerprint density at radius 1 is 1.22 bits per heavy atom. The third-order valence-electron chi connectivity index (χ3n) is 3.43. The lowest BCUT2D eigenvalue weighted by Crippen LogP contribution is -2.05. The van der Waals surface area contributed by atoms with E-state index in [2.05, 4.69) is 16.9 Å². The van der Waals surface area contributed by atoms with Crippen LogP contribution >= 0.6 is 0 Å². The Morgan fingerprint density at radius 2 is 2.04 bits per heavy atom. The van der Waals surface area contributed by atoms with Crippen LogP contribution in [-0.2, 0) is 11.3 Å². The van der Waals surface area contributed by atoms with Gasteiger partial charge in [0.2, 0.25) is 5.95 Å². The van der Waals surface area contributed by atoms with Gasteiger partial charge < -0.3 is 16.2 Å². The van der Waals surface area contributed by atoms with Crippen LogP contribution in [0.25, 0.3) is 11.3 Å². The second-order valence-corrected chi connectivity index (χ2v) is 5.26. The number of rotatable bonds is 7. The molecule has 6 nitrogen and oxygen atoms in total. The van der Waals surface area contributed by atoms with Gasteiger partial charge in [-0.3, -0.25) is 0 Å². The predicted octanol–water partition coefficient (Wildman–Crippen LogP) is 2.89. The molecule has 2 aromatic rings. The van der Waals surface area contributed by atoms with Gasteiger partial charge in [-0.05, 0) is 18.1 Å². The van der Waals surface area contributed by atoms with Crippen molar-refractivity contribution in [3.05, 3.63) is 35.4 Å². The number of ether oxygens (including phenoxy) is 1. The highest BCUT2D eigenvalue weighted by molar-refractivity contribution is 5.73. The average Bonchev–Trinajstić information content (AvgIpc) is 2.54. The van der Waals surface area contributed by atoms with Crippen molar-refractivity contribution in [1.82, 2.24) is 9.97 Å². The van der Waals surface area contributed by atoms with Gasteiger partial charge in [0.25, 0.3) is 0 Å². The Hall–Kier alpha value is -2.65. The van der Waals surface area contributed by atoms with E-state index >= 15 is 0 Å². The van der Waals surface area contributed by atoms with Gasteiger partial charge in [0.05, 0.1) is 12.3 Å². The van der Waals surface area contributed by atoms with Crippen LogP contribution in [-0.4, -0.2) is 16.6 Å². The Labute approximate surface area is 136 Å². The summed E-state index contributed by atoms with van der Waals surface area (Å²) in [7, 11) is 0. The summed E-state index contributed by atoms with van der Waals surface area (Å²) in [5, 5.41) is 9.27. The molecule has 4 N–H and O–H groups in total. The lowest BCUT2D eigenvalue weighted by molar-refractivity contribution is 0.117. The Kier molecular flexibility index (Phi) is 5.89. The van der Waals surface area contributed by atoms with Crippen molar-refractivity contribution in [2.45, 2.75) is 32.8 Å². The van der Waals surface area contributed by atoms with Gasteiger partial charge >= 0.3 is 0 Å². The van der Waals surface area contributed by atoms with Gasteiger partial charge in [0, 0.05) is 12.2 Å². The molecule has 0 radical (unpaired) electrons. The molecular formula is C17H21N5O. The Morgan fingerprint density at radius 3 is 2.78 bits per heavy atom. The molecule has 0 unspecified atom stereocenters. The van der Waals surface area contributed by atoms with E-state index in [0.29, 0.717) is 12.3 Å². The summed E-state index contributed by atoms with van der Waals surface area (Å²) in [5.74, 6) is 0.147. The van der Waals surface area contributed by atoms with Gasteiger partial charge in [0.15, 0.2) is 0 Å². The molecule has 0 aliphatic heterocycles. The molecule has 1 heterocycles. The molecule has 1 aromatic carbocycles. The van der Waals surface area contributed by atoms with E-state index in [4.69, 9.17) is 16.2 Å². The summed E-state index contributed by atoms with van der Waals surface area (Å²) in [6, 6.07) is 9.71. The highest BCUT2D eigenvalue weighted by atomic mass is 16.5. The van der Waals surface area contributed by atoms with Gasteiger partial charge in [-0.1, -0.05) is 38.0 Å². The lowest BCUT2D eigenvalue weighted by Gasteiger charge is -2.09. The summed E-state index contributed by atoms with van der Waals surface area (Å²) in [6.45, 7) is 3.43. The fourth-order valence-electron chi connectivity index (χ4n) is 2.27. The molecule has 0 amide bonds. The summed E-state index contributed by atoms with van der Waals surface area (Å²) in [6.07, 6.45) is 3.41. The van der Waals surface area contributed by atoms with Crippen LogP contribution in [0.3, 0.4) is 0 Å². The largest absolute Gasteiger partial charge is 0.382 e. The van der Waals surface area contributed by atoms with E-state index in [-0.39, 0.29) is 17.3 Å². The number of nitrogens with zero attached hydrogens (tertiary/aromatic N) is 3. The molecule has 120 valence electrons. The van der Waals surface area contributed by atoms with Crippen LogP contribution in [0.2, 0.25) is 0 Å². The van der Waals surface area contributed by atoms with E-state index in [1.165, 1.54) is 12.8 Å². The Bertz CT molecular complexity index is 709. The van der Waals surface area contributed by atoms with Crippen molar-refractivity contribution in [2.75, 3.05) is 18.1 Å². The number of anilines is 2. The van der Waals surface area contributed by atoms with Crippen LogP contribution in [0.4, 0.5) is 11.8 Å². The molecule has 6 heteroatoms. The molecule has 0 spiro atoms. The van der Waals surface area contributed by atoms with Gasteiger partial charge in [-0.2, -0.15) is 10.2 Å². The highest BCUT2D eigenvalue weighted by Gasteiger charge is 2.13. The van der Waals surface area contributed by atoms with Crippen molar-refractivity contribution < 1.29 is 4.74 Å². The number of hydrogen-bond donors (Lipinski definition) is 2. The molecular weight excluding hydrogens is 290 g/mol. The summed E-state index contributed by atoms with van der Waals surface area (Å²) in [5.41, 5.74) is 13.9. The Balaban J connectivity index is 2.19. The van der Waals surface area contributed by atoms with Crippen molar-refractivity contribution in [2.24, 2.45) is 0 Å². The zero-order valence-corrected chi connectivity index (χ0v) is 13.2.